The van der Waals surface area contributed by atoms with Gasteiger partial charge in [-0.1, -0.05) is 53.5 Å². The van der Waals surface area contributed by atoms with E-state index < -0.39 is 10.3 Å². The Kier molecular flexibility index (Phi) is 3.17. The summed E-state index contributed by atoms with van der Waals surface area (Å²) in [7, 11) is 0. The van der Waals surface area contributed by atoms with Crippen molar-refractivity contribution in [1.29, 1.82) is 0 Å². The molecule has 70 valence electrons. The minimum Gasteiger partial charge on any atom is -0.481 e. The Balaban J connectivity index is 2.87. The van der Waals surface area contributed by atoms with E-state index in [0.29, 0.717) is 5.56 Å². The van der Waals surface area contributed by atoms with E-state index in [-0.39, 0.29) is 6.42 Å². The normalized spacial score (nSPS) is 11.2. The van der Waals surface area contributed by atoms with E-state index in [1.165, 1.54) is 0 Å². The molecule has 0 saturated heterocycles. The van der Waals surface area contributed by atoms with E-state index in [1.54, 1.807) is 24.3 Å². The van der Waals surface area contributed by atoms with Gasteiger partial charge in [0.05, 0.1) is 6.42 Å². The summed E-state index contributed by atoms with van der Waals surface area (Å²) < 4.78 is -1.34. The van der Waals surface area contributed by atoms with E-state index in [4.69, 9.17) is 28.3 Å². The summed E-state index contributed by atoms with van der Waals surface area (Å²) in [6.07, 6.45) is -0.305. The summed E-state index contributed by atoms with van der Waals surface area (Å²) in [6, 6.07) is 8.73. The summed E-state index contributed by atoms with van der Waals surface area (Å²) in [4.78, 5) is 10.4. The Labute approximate surface area is 86.1 Å². The van der Waals surface area contributed by atoms with Crippen LogP contribution in [0, 0.1) is 0 Å². The van der Waals surface area contributed by atoms with E-state index in [2.05, 4.69) is 0 Å². The molecule has 2 nitrogen and oxygen atoms in total. The van der Waals surface area contributed by atoms with Gasteiger partial charge in [0.1, 0.15) is 0 Å². The molecule has 0 fully saturated rings. The molecular formula is C9H8Cl2O2. The van der Waals surface area contributed by atoms with Gasteiger partial charge in [-0.05, 0) is 5.56 Å². The first kappa shape index (κ1) is 10.4. The smallest absolute Gasteiger partial charge is 0.306 e. The minimum atomic E-state index is -1.34. The Morgan fingerprint density at radius 3 is 2.31 bits per heavy atom. The topological polar surface area (TPSA) is 37.3 Å². The molecule has 4 heteroatoms. The maximum absolute atomic E-state index is 10.4. The zero-order chi connectivity index (χ0) is 9.90. The van der Waals surface area contributed by atoms with Gasteiger partial charge < -0.3 is 5.11 Å². The van der Waals surface area contributed by atoms with Crippen LogP contribution in [0.3, 0.4) is 0 Å². The van der Waals surface area contributed by atoms with Crippen molar-refractivity contribution >= 4 is 29.2 Å². The quantitative estimate of drug-likeness (QED) is 0.793. The molecule has 0 bridgehead atoms. The maximum atomic E-state index is 10.4. The van der Waals surface area contributed by atoms with E-state index in [9.17, 15) is 4.79 Å². The van der Waals surface area contributed by atoms with E-state index in [0.717, 1.165) is 0 Å². The molecule has 0 aliphatic rings. The average molecular weight is 219 g/mol. The van der Waals surface area contributed by atoms with Crippen molar-refractivity contribution < 1.29 is 9.90 Å². The highest BCUT2D eigenvalue weighted by molar-refractivity contribution is 6.48. The SMILES string of the molecule is O=C(O)CC(Cl)(Cl)c1ccccc1. The third kappa shape index (κ3) is 2.90. The van der Waals surface area contributed by atoms with Crippen molar-refractivity contribution in [2.24, 2.45) is 0 Å². The van der Waals surface area contributed by atoms with Crippen LogP contribution in [-0.4, -0.2) is 11.1 Å². The molecule has 0 heterocycles. The number of aliphatic carboxylic acids is 1. The molecule has 1 aromatic carbocycles. The van der Waals surface area contributed by atoms with Crippen LogP contribution in [0.2, 0.25) is 0 Å². The largest absolute Gasteiger partial charge is 0.481 e. The number of hydrogen-bond acceptors (Lipinski definition) is 1. The van der Waals surface area contributed by atoms with Crippen LogP contribution in [-0.2, 0) is 9.13 Å². The van der Waals surface area contributed by atoms with Crippen molar-refractivity contribution in [3.63, 3.8) is 0 Å². The van der Waals surface area contributed by atoms with E-state index in [1.807, 2.05) is 6.07 Å². The first-order valence-electron chi connectivity index (χ1n) is 3.67. The molecule has 1 rings (SSSR count). The Morgan fingerprint density at radius 2 is 1.85 bits per heavy atom. The Morgan fingerprint density at radius 1 is 1.31 bits per heavy atom. The fourth-order valence-electron chi connectivity index (χ4n) is 0.974. The Hall–Kier alpha value is -0.730. The summed E-state index contributed by atoms with van der Waals surface area (Å²) in [5, 5.41) is 8.54. The second-order valence-electron chi connectivity index (χ2n) is 2.64. The molecule has 0 aromatic heterocycles. The number of alkyl halides is 2. The highest BCUT2D eigenvalue weighted by atomic mass is 35.5. The lowest BCUT2D eigenvalue weighted by Gasteiger charge is -2.16. The third-order valence-corrected chi connectivity index (χ3v) is 2.27. The van der Waals surface area contributed by atoms with Gasteiger partial charge in [-0.15, -0.1) is 0 Å². The predicted octanol–water partition coefficient (Wildman–Crippen LogP) is 2.79. The lowest BCUT2D eigenvalue weighted by molar-refractivity contribution is -0.137. The molecule has 13 heavy (non-hydrogen) atoms. The second-order valence-corrected chi connectivity index (χ2v) is 4.12. The fraction of sp³-hybridized carbons (Fsp3) is 0.222. The van der Waals surface area contributed by atoms with Crippen molar-refractivity contribution in [1.82, 2.24) is 0 Å². The van der Waals surface area contributed by atoms with Crippen LogP contribution in [0.15, 0.2) is 30.3 Å². The van der Waals surface area contributed by atoms with Crippen LogP contribution in [0.1, 0.15) is 12.0 Å². The predicted molar refractivity (Wildman–Crippen MR) is 52.1 cm³/mol. The van der Waals surface area contributed by atoms with Gasteiger partial charge in [-0.2, -0.15) is 0 Å². The second kappa shape index (κ2) is 3.99. The molecule has 0 spiro atoms. The van der Waals surface area contributed by atoms with Crippen LogP contribution in [0.4, 0.5) is 0 Å². The monoisotopic (exact) mass is 218 g/mol. The molecule has 0 radical (unpaired) electrons. The highest BCUT2D eigenvalue weighted by Crippen LogP contribution is 2.36. The molecule has 0 aliphatic heterocycles. The van der Waals surface area contributed by atoms with Crippen LogP contribution < -0.4 is 0 Å². The summed E-state index contributed by atoms with van der Waals surface area (Å²) in [5.74, 6) is -1.02. The van der Waals surface area contributed by atoms with Crippen LogP contribution >= 0.6 is 23.2 Å². The lowest BCUT2D eigenvalue weighted by Crippen LogP contribution is -2.15. The number of carboxylic acids is 1. The number of halogens is 2. The molecule has 0 atom stereocenters. The van der Waals surface area contributed by atoms with Crippen LogP contribution in [0.5, 0.6) is 0 Å². The first-order valence-corrected chi connectivity index (χ1v) is 4.43. The summed E-state index contributed by atoms with van der Waals surface area (Å²) >= 11 is 11.7. The van der Waals surface area contributed by atoms with Crippen LogP contribution in [0.25, 0.3) is 0 Å². The van der Waals surface area contributed by atoms with Crippen molar-refractivity contribution in [3.8, 4) is 0 Å². The summed E-state index contributed by atoms with van der Waals surface area (Å²) in [5.41, 5.74) is 0.598. The minimum absolute atomic E-state index is 0.305. The molecular weight excluding hydrogens is 211 g/mol. The van der Waals surface area contributed by atoms with Gasteiger partial charge in [0.15, 0.2) is 4.33 Å². The lowest BCUT2D eigenvalue weighted by atomic mass is 10.1. The number of benzene rings is 1. The summed E-state index contributed by atoms with van der Waals surface area (Å²) in [6.45, 7) is 0. The average Bonchev–Trinajstić information content (AvgIpc) is 2.04. The van der Waals surface area contributed by atoms with Gasteiger partial charge in [-0.3, -0.25) is 4.79 Å². The standard InChI is InChI=1S/C9H8Cl2O2/c10-9(11,6-8(12)13)7-4-2-1-3-5-7/h1-5H,6H2,(H,12,13). The fourth-order valence-corrected chi connectivity index (χ4v) is 1.45. The van der Waals surface area contributed by atoms with Crippen molar-refractivity contribution in [2.45, 2.75) is 10.8 Å². The number of carboxylic acid groups (broad SMARTS) is 1. The molecule has 0 aliphatic carbocycles. The highest BCUT2D eigenvalue weighted by Gasteiger charge is 2.29. The van der Waals surface area contributed by atoms with Gasteiger partial charge in [0.2, 0.25) is 0 Å². The van der Waals surface area contributed by atoms with Gasteiger partial charge in [0.25, 0.3) is 0 Å². The molecule has 1 N–H and O–H groups in total. The number of hydrogen-bond donors (Lipinski definition) is 1. The third-order valence-electron chi connectivity index (χ3n) is 1.57. The molecule has 0 saturated carbocycles. The number of carbonyl (C=O) groups is 1. The number of rotatable bonds is 3. The molecule has 0 unspecified atom stereocenters. The zero-order valence-corrected chi connectivity index (χ0v) is 8.22. The van der Waals surface area contributed by atoms with Gasteiger partial charge >= 0.3 is 5.97 Å². The molecule has 0 amide bonds. The molecule has 1 aromatic rings. The zero-order valence-electron chi connectivity index (χ0n) is 6.71. The maximum Gasteiger partial charge on any atom is 0.306 e. The first-order chi connectivity index (χ1) is 6.02. The van der Waals surface area contributed by atoms with Crippen molar-refractivity contribution in [2.75, 3.05) is 0 Å². The van der Waals surface area contributed by atoms with E-state index >= 15 is 0 Å². The Bertz CT molecular complexity index is 296. The van der Waals surface area contributed by atoms with Gasteiger partial charge in [-0.25, -0.2) is 0 Å². The van der Waals surface area contributed by atoms with Crippen molar-refractivity contribution in [3.05, 3.63) is 35.9 Å². The van der Waals surface area contributed by atoms with Gasteiger partial charge in [0, 0.05) is 0 Å².